The Labute approximate surface area is 119 Å². The third-order valence-electron chi connectivity index (χ3n) is 3.50. The number of hydrogen-bond acceptors (Lipinski definition) is 2. The van der Waals surface area contributed by atoms with Crippen molar-refractivity contribution >= 4 is 17.3 Å². The number of rotatable bonds is 3. The molecule has 0 amide bonds. The molecule has 1 aromatic rings. The highest BCUT2D eigenvalue weighted by molar-refractivity contribution is 6.30. The first kappa shape index (κ1) is 14.6. The zero-order valence-corrected chi connectivity index (χ0v) is 12.4. The largest absolute Gasteiger partial charge is 0.370 e. The predicted octanol–water partition coefficient (Wildman–Crippen LogP) is 3.69. The summed E-state index contributed by atoms with van der Waals surface area (Å²) < 4.78 is 13.6. The molecule has 0 radical (unpaired) electrons. The van der Waals surface area contributed by atoms with Crippen molar-refractivity contribution in [3.63, 3.8) is 0 Å². The van der Waals surface area contributed by atoms with E-state index in [-0.39, 0.29) is 10.8 Å². The Morgan fingerprint density at radius 3 is 2.95 bits per heavy atom. The Morgan fingerprint density at radius 2 is 2.26 bits per heavy atom. The molecule has 1 fully saturated rings. The van der Waals surface area contributed by atoms with Crippen LogP contribution in [0.2, 0.25) is 5.02 Å². The van der Waals surface area contributed by atoms with E-state index in [1.807, 2.05) is 6.07 Å². The SMILES string of the molecule is CC(C)CC1CN(c2ccc(Cl)c(F)c2)CCCN1. The van der Waals surface area contributed by atoms with Crippen molar-refractivity contribution in [1.29, 1.82) is 0 Å². The number of anilines is 1. The van der Waals surface area contributed by atoms with Crippen LogP contribution in [0.25, 0.3) is 0 Å². The standard InChI is InChI=1S/C15H22ClFN2/c1-11(2)8-12-10-19(7-3-6-18-12)13-4-5-14(16)15(17)9-13/h4-5,9,11-12,18H,3,6-8,10H2,1-2H3. The van der Waals surface area contributed by atoms with Crippen molar-refractivity contribution in [2.45, 2.75) is 32.7 Å². The van der Waals surface area contributed by atoms with Gasteiger partial charge in [-0.2, -0.15) is 0 Å². The zero-order chi connectivity index (χ0) is 13.8. The molecule has 1 aromatic carbocycles. The van der Waals surface area contributed by atoms with E-state index in [4.69, 9.17) is 11.6 Å². The number of nitrogens with zero attached hydrogens (tertiary/aromatic N) is 1. The lowest BCUT2D eigenvalue weighted by Crippen LogP contribution is -2.38. The highest BCUT2D eigenvalue weighted by atomic mass is 35.5. The molecule has 1 aliphatic heterocycles. The quantitative estimate of drug-likeness (QED) is 0.911. The molecule has 0 aromatic heterocycles. The van der Waals surface area contributed by atoms with Gasteiger partial charge in [0.1, 0.15) is 5.82 Å². The highest BCUT2D eigenvalue weighted by Crippen LogP contribution is 2.23. The predicted molar refractivity (Wildman–Crippen MR) is 79.5 cm³/mol. The van der Waals surface area contributed by atoms with Crippen molar-refractivity contribution < 1.29 is 4.39 Å². The smallest absolute Gasteiger partial charge is 0.143 e. The van der Waals surface area contributed by atoms with Crippen LogP contribution in [0.4, 0.5) is 10.1 Å². The van der Waals surface area contributed by atoms with Crippen LogP contribution in [0.3, 0.4) is 0 Å². The number of halogens is 2. The Kier molecular flexibility index (Phi) is 5.06. The highest BCUT2D eigenvalue weighted by Gasteiger charge is 2.19. The van der Waals surface area contributed by atoms with Crippen LogP contribution in [0, 0.1) is 11.7 Å². The van der Waals surface area contributed by atoms with Crippen LogP contribution < -0.4 is 10.2 Å². The van der Waals surface area contributed by atoms with Crippen molar-refractivity contribution in [2.75, 3.05) is 24.5 Å². The van der Waals surface area contributed by atoms with E-state index in [2.05, 4.69) is 24.1 Å². The fourth-order valence-electron chi connectivity index (χ4n) is 2.64. The average molecular weight is 285 g/mol. The van der Waals surface area contributed by atoms with Gasteiger partial charge in [-0.05, 0) is 43.5 Å². The van der Waals surface area contributed by atoms with Gasteiger partial charge in [-0.3, -0.25) is 0 Å². The topological polar surface area (TPSA) is 15.3 Å². The van der Waals surface area contributed by atoms with Crippen molar-refractivity contribution in [3.05, 3.63) is 29.0 Å². The second kappa shape index (κ2) is 6.58. The van der Waals surface area contributed by atoms with E-state index in [0.717, 1.165) is 38.2 Å². The maximum absolute atomic E-state index is 13.6. The molecule has 106 valence electrons. The summed E-state index contributed by atoms with van der Waals surface area (Å²) in [5.41, 5.74) is 0.930. The third-order valence-corrected chi connectivity index (χ3v) is 3.81. The molecule has 1 N–H and O–H groups in total. The second-order valence-corrected chi connectivity index (χ2v) is 6.09. The first-order valence-corrected chi connectivity index (χ1v) is 7.37. The van der Waals surface area contributed by atoms with Gasteiger partial charge in [0, 0.05) is 24.8 Å². The average Bonchev–Trinajstić information content (AvgIpc) is 2.57. The molecule has 1 unspecified atom stereocenters. The first-order valence-electron chi connectivity index (χ1n) is 6.99. The minimum absolute atomic E-state index is 0.190. The Bertz CT molecular complexity index is 423. The van der Waals surface area contributed by atoms with Crippen molar-refractivity contribution in [1.82, 2.24) is 5.32 Å². The summed E-state index contributed by atoms with van der Waals surface area (Å²) in [5, 5.41) is 3.77. The third kappa shape index (κ3) is 4.08. The summed E-state index contributed by atoms with van der Waals surface area (Å²) in [6.45, 7) is 7.39. The molecule has 0 saturated carbocycles. The molecule has 1 aliphatic rings. The molecule has 2 nitrogen and oxygen atoms in total. The molecule has 1 saturated heterocycles. The summed E-state index contributed by atoms with van der Waals surface area (Å²) in [6, 6.07) is 5.56. The van der Waals surface area contributed by atoms with Crippen LogP contribution >= 0.6 is 11.6 Å². The van der Waals surface area contributed by atoms with E-state index < -0.39 is 0 Å². The van der Waals surface area contributed by atoms with Gasteiger partial charge in [0.05, 0.1) is 5.02 Å². The Balaban J connectivity index is 2.10. The van der Waals surface area contributed by atoms with E-state index in [1.54, 1.807) is 12.1 Å². The maximum atomic E-state index is 13.6. The molecular weight excluding hydrogens is 263 g/mol. The summed E-state index contributed by atoms with van der Waals surface area (Å²) in [4.78, 5) is 2.26. The molecule has 0 aliphatic carbocycles. The molecule has 0 spiro atoms. The number of hydrogen-bond donors (Lipinski definition) is 1. The normalized spacial score (nSPS) is 20.7. The molecule has 4 heteroatoms. The summed E-state index contributed by atoms with van der Waals surface area (Å²) in [5.74, 6) is 0.330. The summed E-state index contributed by atoms with van der Waals surface area (Å²) in [6.07, 6.45) is 2.23. The van der Waals surface area contributed by atoms with E-state index in [9.17, 15) is 4.39 Å². The molecule has 0 bridgehead atoms. The first-order chi connectivity index (χ1) is 9.06. The maximum Gasteiger partial charge on any atom is 0.143 e. The van der Waals surface area contributed by atoms with Crippen molar-refractivity contribution in [3.8, 4) is 0 Å². The molecule has 1 atom stereocenters. The minimum atomic E-state index is -0.336. The van der Waals surface area contributed by atoms with Gasteiger partial charge in [-0.25, -0.2) is 4.39 Å². The second-order valence-electron chi connectivity index (χ2n) is 5.68. The van der Waals surface area contributed by atoms with Gasteiger partial charge in [0.15, 0.2) is 0 Å². The molecule has 19 heavy (non-hydrogen) atoms. The van der Waals surface area contributed by atoms with E-state index >= 15 is 0 Å². The van der Waals surface area contributed by atoms with Gasteiger partial charge in [-0.1, -0.05) is 25.4 Å². The lowest BCUT2D eigenvalue weighted by Gasteiger charge is -2.27. The fraction of sp³-hybridized carbons (Fsp3) is 0.600. The van der Waals surface area contributed by atoms with Gasteiger partial charge in [-0.15, -0.1) is 0 Å². The lowest BCUT2D eigenvalue weighted by atomic mass is 10.0. The Hall–Kier alpha value is -0.800. The van der Waals surface area contributed by atoms with Crippen LogP contribution in [-0.2, 0) is 0 Å². The van der Waals surface area contributed by atoms with Crippen molar-refractivity contribution in [2.24, 2.45) is 5.92 Å². The summed E-state index contributed by atoms with van der Waals surface area (Å²) in [7, 11) is 0. The van der Waals surface area contributed by atoms with Crippen LogP contribution in [0.5, 0.6) is 0 Å². The van der Waals surface area contributed by atoms with Crippen LogP contribution in [0.1, 0.15) is 26.7 Å². The molecule has 1 heterocycles. The monoisotopic (exact) mass is 284 g/mol. The van der Waals surface area contributed by atoms with Crippen LogP contribution in [0.15, 0.2) is 18.2 Å². The van der Waals surface area contributed by atoms with E-state index in [1.165, 1.54) is 0 Å². The Morgan fingerprint density at radius 1 is 1.47 bits per heavy atom. The lowest BCUT2D eigenvalue weighted by molar-refractivity contribution is 0.436. The van der Waals surface area contributed by atoms with Crippen LogP contribution in [-0.4, -0.2) is 25.7 Å². The zero-order valence-electron chi connectivity index (χ0n) is 11.6. The molecular formula is C15H22ClFN2. The van der Waals surface area contributed by atoms with Gasteiger partial charge in [0.25, 0.3) is 0 Å². The van der Waals surface area contributed by atoms with Gasteiger partial charge >= 0.3 is 0 Å². The van der Waals surface area contributed by atoms with Gasteiger partial charge < -0.3 is 10.2 Å². The minimum Gasteiger partial charge on any atom is -0.370 e. The number of benzene rings is 1. The van der Waals surface area contributed by atoms with E-state index in [0.29, 0.717) is 12.0 Å². The summed E-state index contributed by atoms with van der Waals surface area (Å²) >= 11 is 5.74. The molecule has 2 rings (SSSR count). The van der Waals surface area contributed by atoms with Gasteiger partial charge in [0.2, 0.25) is 0 Å². The number of nitrogens with one attached hydrogen (secondary N) is 1. The fourth-order valence-corrected chi connectivity index (χ4v) is 2.76.